The molecule has 18 heavy (non-hydrogen) atoms. The first-order valence-electron chi connectivity index (χ1n) is 5.59. The van der Waals surface area contributed by atoms with Crippen LogP contribution in [-0.2, 0) is 4.65 Å². The summed E-state index contributed by atoms with van der Waals surface area (Å²) in [6.07, 6.45) is 1.53. The van der Waals surface area contributed by atoms with E-state index in [2.05, 4.69) is 4.98 Å². The lowest BCUT2D eigenvalue weighted by atomic mass is 9.81. The van der Waals surface area contributed by atoms with Crippen molar-refractivity contribution < 1.29 is 9.76 Å². The topological polar surface area (TPSA) is 66.1 Å². The van der Waals surface area contributed by atoms with Crippen molar-refractivity contribution in [3.63, 3.8) is 0 Å². The molecule has 0 atom stereocenters. The van der Waals surface area contributed by atoms with E-state index < -0.39 is 11.2 Å². The molecule has 0 aliphatic heterocycles. The van der Waals surface area contributed by atoms with Gasteiger partial charge in [-0.1, -0.05) is 11.6 Å². The van der Waals surface area contributed by atoms with Crippen molar-refractivity contribution in [2.45, 2.75) is 38.9 Å². The smallest absolute Gasteiger partial charge is 0.310 e. The fourth-order valence-electron chi connectivity index (χ4n) is 1.15. The van der Waals surface area contributed by atoms with Crippen molar-refractivity contribution in [2.24, 2.45) is 0 Å². The van der Waals surface area contributed by atoms with Crippen molar-refractivity contribution in [1.82, 2.24) is 4.98 Å². The van der Waals surface area contributed by atoms with E-state index in [0.717, 1.165) is 0 Å². The first-order chi connectivity index (χ1) is 8.19. The summed E-state index contributed by atoms with van der Waals surface area (Å²) in [5.74, 6) is 0. The highest BCUT2D eigenvalue weighted by molar-refractivity contribution is 6.49. The van der Waals surface area contributed by atoms with Crippen LogP contribution in [0.25, 0.3) is 0 Å². The molecular weight excluding hydrogens is 250 g/mol. The van der Waals surface area contributed by atoms with Gasteiger partial charge in [-0.15, -0.1) is 0 Å². The van der Waals surface area contributed by atoms with E-state index in [9.17, 15) is 5.11 Å². The van der Waals surface area contributed by atoms with Crippen LogP contribution < -0.4 is 5.46 Å². The van der Waals surface area contributed by atoms with Gasteiger partial charge in [-0.2, -0.15) is 5.26 Å². The summed E-state index contributed by atoms with van der Waals surface area (Å²) in [7, 11) is 0.197. The second kappa shape index (κ2) is 5.27. The molecule has 0 aliphatic rings. The minimum atomic E-state index is -0.989. The maximum absolute atomic E-state index is 9.98. The molecule has 0 aliphatic carbocycles. The van der Waals surface area contributed by atoms with E-state index in [1.165, 1.54) is 6.20 Å². The molecule has 0 aromatic carbocycles. The second-order valence-corrected chi connectivity index (χ2v) is 5.46. The Bertz CT molecular complexity index is 478. The normalized spacial score (nSPS) is 12.1. The Morgan fingerprint density at radius 3 is 2.56 bits per heavy atom. The number of nitriles is 1. The van der Waals surface area contributed by atoms with Gasteiger partial charge in [0.1, 0.15) is 11.2 Å². The molecule has 6 heteroatoms. The molecule has 0 bridgehead atoms. The quantitative estimate of drug-likeness (QED) is 0.656. The van der Waals surface area contributed by atoms with Gasteiger partial charge in [-0.3, -0.25) is 0 Å². The van der Waals surface area contributed by atoms with Crippen LogP contribution in [0.3, 0.4) is 0 Å². The molecule has 0 saturated carbocycles. The monoisotopic (exact) mass is 266 g/mol. The number of hydrogen-bond acceptors (Lipinski definition) is 4. The van der Waals surface area contributed by atoms with Gasteiger partial charge in [0.05, 0.1) is 16.8 Å². The highest BCUT2D eigenvalue weighted by atomic mass is 35.5. The zero-order valence-corrected chi connectivity index (χ0v) is 11.7. The average molecular weight is 267 g/mol. The van der Waals surface area contributed by atoms with Crippen LogP contribution in [0.5, 0.6) is 0 Å². The van der Waals surface area contributed by atoms with Gasteiger partial charge >= 0.3 is 7.48 Å². The predicted molar refractivity (Wildman–Crippen MR) is 72.2 cm³/mol. The summed E-state index contributed by atoms with van der Waals surface area (Å²) < 4.78 is 5.69. The highest BCUT2D eigenvalue weighted by Crippen LogP contribution is 2.24. The number of nitrogens with zero attached hydrogens (tertiary/aromatic N) is 2. The third kappa shape index (κ3) is 3.23. The molecule has 4 nitrogen and oxygen atoms in total. The summed E-state index contributed by atoms with van der Waals surface area (Å²) in [4.78, 5) is 3.84. The van der Waals surface area contributed by atoms with E-state index in [-0.39, 0.29) is 12.6 Å². The van der Waals surface area contributed by atoms with Gasteiger partial charge in [0.2, 0.25) is 0 Å². The van der Waals surface area contributed by atoms with E-state index >= 15 is 0 Å². The van der Waals surface area contributed by atoms with Crippen LogP contribution >= 0.6 is 11.6 Å². The number of halogens is 1. The van der Waals surface area contributed by atoms with Crippen molar-refractivity contribution in [3.05, 3.63) is 23.0 Å². The minimum absolute atomic E-state index is 0.166. The van der Waals surface area contributed by atoms with Crippen LogP contribution in [-0.4, -0.2) is 28.8 Å². The Balaban J connectivity index is 2.89. The maximum atomic E-state index is 9.98. The SMILES string of the molecule is CC(C)(O)C(C)(C)OBc1ccnc(Cl)c1C#N. The van der Waals surface area contributed by atoms with Crippen LogP contribution in [0, 0.1) is 11.3 Å². The number of aliphatic hydroxyl groups is 1. The summed E-state index contributed by atoms with van der Waals surface area (Å²) in [5, 5.41) is 19.2. The lowest BCUT2D eigenvalue weighted by Crippen LogP contribution is -2.49. The Morgan fingerprint density at radius 2 is 2.06 bits per heavy atom. The maximum Gasteiger partial charge on any atom is 0.310 e. The molecule has 1 rings (SSSR count). The van der Waals surface area contributed by atoms with Gasteiger partial charge in [0.25, 0.3) is 0 Å². The van der Waals surface area contributed by atoms with Gasteiger partial charge in [0, 0.05) is 6.20 Å². The molecule has 0 fully saturated rings. The first-order valence-corrected chi connectivity index (χ1v) is 5.96. The summed E-state index contributed by atoms with van der Waals surface area (Å²) in [5.41, 5.74) is -0.757. The molecule has 0 saturated heterocycles. The largest absolute Gasteiger partial charge is 0.427 e. The summed E-state index contributed by atoms with van der Waals surface area (Å²) >= 11 is 5.83. The lowest BCUT2D eigenvalue weighted by Gasteiger charge is -2.37. The number of rotatable bonds is 4. The van der Waals surface area contributed by atoms with E-state index in [1.807, 2.05) is 6.07 Å². The molecular formula is C12H16BClN2O2. The van der Waals surface area contributed by atoms with Crippen molar-refractivity contribution in [2.75, 3.05) is 0 Å². The molecule has 0 radical (unpaired) electrons. The minimum Gasteiger partial charge on any atom is -0.427 e. The van der Waals surface area contributed by atoms with Crippen LogP contribution in [0.1, 0.15) is 33.3 Å². The zero-order chi connectivity index (χ0) is 14.0. The molecule has 1 aromatic heterocycles. The van der Waals surface area contributed by atoms with Crippen molar-refractivity contribution in [1.29, 1.82) is 5.26 Å². The number of pyridine rings is 1. The lowest BCUT2D eigenvalue weighted by molar-refractivity contribution is -0.0893. The van der Waals surface area contributed by atoms with Gasteiger partial charge in [-0.25, -0.2) is 4.98 Å². The predicted octanol–water partition coefficient (Wildman–Crippen LogP) is 1.15. The molecule has 1 N–H and O–H groups in total. The van der Waals surface area contributed by atoms with Crippen molar-refractivity contribution >= 4 is 24.5 Å². The molecule has 1 aromatic rings. The van der Waals surface area contributed by atoms with E-state index in [1.54, 1.807) is 33.8 Å². The first kappa shape index (κ1) is 15.0. The van der Waals surface area contributed by atoms with Crippen LogP contribution in [0.2, 0.25) is 5.15 Å². The number of aromatic nitrogens is 1. The fourth-order valence-corrected chi connectivity index (χ4v) is 1.37. The third-order valence-corrected chi connectivity index (χ3v) is 3.45. The van der Waals surface area contributed by atoms with Gasteiger partial charge in [-0.05, 0) is 39.2 Å². The summed E-state index contributed by atoms with van der Waals surface area (Å²) in [6.45, 7) is 6.94. The molecule has 1 heterocycles. The van der Waals surface area contributed by atoms with Crippen molar-refractivity contribution in [3.8, 4) is 6.07 Å². The summed E-state index contributed by atoms with van der Waals surface area (Å²) in [6, 6.07) is 3.69. The number of hydrogen-bond donors (Lipinski definition) is 1. The molecule has 96 valence electrons. The Hall–Kier alpha value is -1.09. The Kier molecular flexibility index (Phi) is 4.39. The van der Waals surface area contributed by atoms with Gasteiger partial charge < -0.3 is 9.76 Å². The average Bonchev–Trinajstić information content (AvgIpc) is 2.25. The fraction of sp³-hybridized carbons (Fsp3) is 0.500. The second-order valence-electron chi connectivity index (χ2n) is 5.11. The van der Waals surface area contributed by atoms with E-state index in [4.69, 9.17) is 21.5 Å². The Labute approximate surface area is 113 Å². The molecule has 0 unspecified atom stereocenters. The zero-order valence-electron chi connectivity index (χ0n) is 11.0. The highest BCUT2D eigenvalue weighted by Gasteiger charge is 2.35. The Morgan fingerprint density at radius 1 is 1.44 bits per heavy atom. The molecule has 0 spiro atoms. The van der Waals surface area contributed by atoms with Crippen LogP contribution in [0.4, 0.5) is 0 Å². The van der Waals surface area contributed by atoms with Crippen LogP contribution in [0.15, 0.2) is 12.3 Å². The van der Waals surface area contributed by atoms with Gasteiger partial charge in [0.15, 0.2) is 0 Å². The third-order valence-electron chi connectivity index (χ3n) is 3.16. The molecule has 0 amide bonds. The standard InChI is InChI=1S/C12H16BClN2O2/c1-11(2,17)12(3,4)18-13-9-5-6-16-10(14)8(9)7-15/h5-6,13,17H,1-4H3. The van der Waals surface area contributed by atoms with E-state index in [0.29, 0.717) is 11.0 Å².